The largest absolute Gasteiger partial charge is 0.399 e. The molecular formula is C13H9BrClFN2O. The predicted molar refractivity (Wildman–Crippen MR) is 77.9 cm³/mol. The minimum Gasteiger partial charge on any atom is -0.399 e. The van der Waals surface area contributed by atoms with Gasteiger partial charge in [0, 0.05) is 15.2 Å². The van der Waals surface area contributed by atoms with E-state index in [1.165, 1.54) is 18.2 Å². The molecule has 19 heavy (non-hydrogen) atoms. The van der Waals surface area contributed by atoms with Crippen LogP contribution in [-0.2, 0) is 0 Å². The van der Waals surface area contributed by atoms with Crippen molar-refractivity contribution in [3.8, 4) is 0 Å². The maximum absolute atomic E-state index is 13.6. The molecule has 2 aromatic carbocycles. The molecule has 98 valence electrons. The van der Waals surface area contributed by atoms with Crippen LogP contribution < -0.4 is 11.1 Å². The highest BCUT2D eigenvalue weighted by atomic mass is 79.9. The van der Waals surface area contributed by atoms with Gasteiger partial charge in [-0.15, -0.1) is 0 Å². The fraction of sp³-hybridized carbons (Fsp3) is 0. The van der Waals surface area contributed by atoms with Gasteiger partial charge in [-0.25, -0.2) is 4.39 Å². The lowest BCUT2D eigenvalue weighted by molar-refractivity contribution is 0.102. The summed E-state index contributed by atoms with van der Waals surface area (Å²) >= 11 is 9.07. The van der Waals surface area contributed by atoms with Gasteiger partial charge in [-0.2, -0.15) is 0 Å². The second-order valence-electron chi connectivity index (χ2n) is 3.82. The van der Waals surface area contributed by atoms with Gasteiger partial charge in [-0.1, -0.05) is 11.6 Å². The summed E-state index contributed by atoms with van der Waals surface area (Å²) in [5, 5.41) is 2.89. The van der Waals surface area contributed by atoms with Crippen molar-refractivity contribution in [1.29, 1.82) is 0 Å². The molecule has 0 aromatic heterocycles. The van der Waals surface area contributed by atoms with E-state index in [1.807, 2.05) is 0 Å². The number of nitrogens with two attached hydrogens (primary N) is 1. The maximum Gasteiger partial charge on any atom is 0.256 e. The van der Waals surface area contributed by atoms with Gasteiger partial charge < -0.3 is 11.1 Å². The van der Waals surface area contributed by atoms with E-state index >= 15 is 0 Å². The molecule has 0 bridgehead atoms. The molecule has 2 aromatic rings. The van der Waals surface area contributed by atoms with Crippen molar-refractivity contribution >= 4 is 44.8 Å². The van der Waals surface area contributed by atoms with Crippen LogP contribution in [0.25, 0.3) is 0 Å². The van der Waals surface area contributed by atoms with Crippen molar-refractivity contribution in [2.24, 2.45) is 0 Å². The van der Waals surface area contributed by atoms with Gasteiger partial charge in [0.1, 0.15) is 5.82 Å². The summed E-state index contributed by atoms with van der Waals surface area (Å²) in [5.74, 6) is -1.05. The Bertz CT molecular complexity index is 649. The summed E-state index contributed by atoms with van der Waals surface area (Å²) in [6, 6.07) is 8.84. The van der Waals surface area contributed by atoms with Crippen molar-refractivity contribution in [2.45, 2.75) is 0 Å². The molecule has 3 nitrogen and oxygen atoms in total. The fourth-order valence-corrected chi connectivity index (χ4v) is 2.09. The molecule has 0 aliphatic heterocycles. The first-order valence-electron chi connectivity index (χ1n) is 5.29. The molecule has 3 N–H and O–H groups in total. The lowest BCUT2D eigenvalue weighted by atomic mass is 10.2. The Morgan fingerprint density at radius 3 is 2.68 bits per heavy atom. The average molecular weight is 344 g/mol. The smallest absolute Gasteiger partial charge is 0.256 e. The zero-order valence-electron chi connectivity index (χ0n) is 9.58. The van der Waals surface area contributed by atoms with Gasteiger partial charge in [-0.3, -0.25) is 4.79 Å². The van der Waals surface area contributed by atoms with Gasteiger partial charge in [0.25, 0.3) is 5.91 Å². The third-order valence-corrected chi connectivity index (χ3v) is 3.34. The first-order chi connectivity index (χ1) is 8.97. The number of benzene rings is 2. The number of nitrogen functional groups attached to an aromatic ring is 1. The van der Waals surface area contributed by atoms with Crippen molar-refractivity contribution in [3.05, 3.63) is 57.3 Å². The molecule has 0 aliphatic carbocycles. The van der Waals surface area contributed by atoms with Gasteiger partial charge in [0.05, 0.1) is 11.3 Å². The van der Waals surface area contributed by atoms with E-state index in [1.54, 1.807) is 12.1 Å². The highest BCUT2D eigenvalue weighted by Gasteiger charge is 2.13. The van der Waals surface area contributed by atoms with Crippen LogP contribution in [0.4, 0.5) is 15.8 Å². The maximum atomic E-state index is 13.6. The Kier molecular flexibility index (Phi) is 4.07. The summed E-state index contributed by atoms with van der Waals surface area (Å²) in [6.07, 6.45) is 0. The summed E-state index contributed by atoms with van der Waals surface area (Å²) in [6.45, 7) is 0. The molecule has 0 aliphatic rings. The Morgan fingerprint density at radius 1 is 1.26 bits per heavy atom. The van der Waals surface area contributed by atoms with Crippen LogP contribution in [0.1, 0.15) is 10.4 Å². The zero-order chi connectivity index (χ0) is 14.0. The van der Waals surface area contributed by atoms with E-state index in [-0.39, 0.29) is 5.69 Å². The van der Waals surface area contributed by atoms with Crippen LogP contribution in [0.5, 0.6) is 0 Å². The molecule has 0 atom stereocenters. The molecular weight excluding hydrogens is 335 g/mol. The Labute approximate surface area is 122 Å². The Balaban J connectivity index is 2.28. The van der Waals surface area contributed by atoms with Gasteiger partial charge in [0.15, 0.2) is 0 Å². The molecule has 0 radical (unpaired) electrons. The highest BCUT2D eigenvalue weighted by Crippen LogP contribution is 2.23. The van der Waals surface area contributed by atoms with Crippen molar-refractivity contribution in [1.82, 2.24) is 0 Å². The first kappa shape index (κ1) is 13.8. The van der Waals surface area contributed by atoms with E-state index in [0.717, 1.165) is 6.07 Å². The molecule has 6 heteroatoms. The number of anilines is 2. The SMILES string of the molecule is Nc1ccc(NC(=O)c2cc(Cl)ccc2Br)c(F)c1. The van der Waals surface area contributed by atoms with Crippen molar-refractivity contribution < 1.29 is 9.18 Å². The summed E-state index contributed by atoms with van der Waals surface area (Å²) in [7, 11) is 0. The van der Waals surface area contributed by atoms with Gasteiger partial charge >= 0.3 is 0 Å². The molecule has 1 amide bonds. The summed E-state index contributed by atoms with van der Waals surface area (Å²) in [5.41, 5.74) is 6.11. The zero-order valence-corrected chi connectivity index (χ0v) is 11.9. The van der Waals surface area contributed by atoms with E-state index in [2.05, 4.69) is 21.2 Å². The number of rotatable bonds is 2. The number of hydrogen-bond acceptors (Lipinski definition) is 2. The summed E-state index contributed by atoms with van der Waals surface area (Å²) < 4.78 is 14.1. The number of halogens is 3. The van der Waals surface area contributed by atoms with Crippen LogP contribution in [0.2, 0.25) is 5.02 Å². The second kappa shape index (κ2) is 5.59. The van der Waals surface area contributed by atoms with Gasteiger partial charge in [0.2, 0.25) is 0 Å². The molecule has 0 fully saturated rings. The van der Waals surface area contributed by atoms with E-state index < -0.39 is 11.7 Å². The van der Waals surface area contributed by atoms with Crippen LogP contribution in [0.3, 0.4) is 0 Å². The molecule has 0 saturated heterocycles. The van der Waals surface area contributed by atoms with Crippen LogP contribution in [-0.4, -0.2) is 5.91 Å². The average Bonchev–Trinajstić information content (AvgIpc) is 2.35. The Hall–Kier alpha value is -1.59. The normalized spacial score (nSPS) is 10.3. The monoisotopic (exact) mass is 342 g/mol. The lowest BCUT2D eigenvalue weighted by Gasteiger charge is -2.08. The third kappa shape index (κ3) is 3.24. The van der Waals surface area contributed by atoms with Crippen molar-refractivity contribution in [2.75, 3.05) is 11.1 Å². The van der Waals surface area contributed by atoms with E-state index in [0.29, 0.717) is 20.7 Å². The minimum absolute atomic E-state index is 0.0612. The quantitative estimate of drug-likeness (QED) is 0.807. The van der Waals surface area contributed by atoms with Crippen LogP contribution in [0, 0.1) is 5.82 Å². The molecule has 0 heterocycles. The number of carbonyl (C=O) groups is 1. The third-order valence-electron chi connectivity index (χ3n) is 2.41. The van der Waals surface area contributed by atoms with Crippen LogP contribution >= 0.6 is 27.5 Å². The van der Waals surface area contributed by atoms with E-state index in [9.17, 15) is 9.18 Å². The summed E-state index contributed by atoms with van der Waals surface area (Å²) in [4.78, 5) is 12.0. The number of carbonyl (C=O) groups excluding carboxylic acids is 1. The standard InChI is InChI=1S/C13H9BrClFN2O/c14-10-3-1-7(15)5-9(10)13(19)18-12-4-2-8(17)6-11(12)16/h1-6H,17H2,(H,18,19). The van der Waals surface area contributed by atoms with Gasteiger partial charge in [-0.05, 0) is 52.3 Å². The lowest BCUT2D eigenvalue weighted by Crippen LogP contribution is -2.13. The molecule has 0 saturated carbocycles. The van der Waals surface area contributed by atoms with Crippen LogP contribution in [0.15, 0.2) is 40.9 Å². The number of amides is 1. The highest BCUT2D eigenvalue weighted by molar-refractivity contribution is 9.10. The first-order valence-corrected chi connectivity index (χ1v) is 6.46. The fourth-order valence-electron chi connectivity index (χ4n) is 1.49. The molecule has 0 spiro atoms. The predicted octanol–water partition coefficient (Wildman–Crippen LogP) is 4.08. The topological polar surface area (TPSA) is 55.1 Å². The number of nitrogens with one attached hydrogen (secondary N) is 1. The minimum atomic E-state index is -0.591. The second-order valence-corrected chi connectivity index (χ2v) is 5.11. The molecule has 0 unspecified atom stereocenters. The van der Waals surface area contributed by atoms with E-state index in [4.69, 9.17) is 17.3 Å². The van der Waals surface area contributed by atoms with Crippen molar-refractivity contribution in [3.63, 3.8) is 0 Å². The number of hydrogen-bond donors (Lipinski definition) is 2. The Morgan fingerprint density at radius 2 is 2.00 bits per heavy atom. The molecule has 2 rings (SSSR count).